The van der Waals surface area contributed by atoms with Crippen LogP contribution in [0.1, 0.15) is 22.3 Å². The van der Waals surface area contributed by atoms with Gasteiger partial charge >= 0.3 is 12.1 Å². The molecule has 0 radical (unpaired) electrons. The number of rotatable bonds is 8. The Morgan fingerprint density at radius 1 is 0.878 bits per heavy atom. The van der Waals surface area contributed by atoms with Crippen LogP contribution in [0.4, 0.5) is 4.79 Å². The third-order valence-corrected chi connectivity index (χ3v) is 7.75. The number of amides is 1. The minimum atomic E-state index is -0.405. The number of fused-ring (bicyclic) bond motifs is 3. The molecule has 6 rings (SSSR count). The third kappa shape index (κ3) is 4.90. The summed E-state index contributed by atoms with van der Waals surface area (Å²) in [5.41, 5.74) is 2.68. The molecule has 0 N–H and O–H groups in total. The van der Waals surface area contributed by atoms with Gasteiger partial charge in [-0.1, -0.05) is 6.07 Å². The lowest BCUT2D eigenvalue weighted by atomic mass is 9.89. The van der Waals surface area contributed by atoms with Crippen molar-refractivity contribution in [2.24, 2.45) is 0 Å². The first kappa shape index (κ1) is 26.8. The normalized spacial score (nSPS) is 16.0. The Morgan fingerprint density at radius 3 is 2.34 bits per heavy atom. The van der Waals surface area contributed by atoms with Crippen molar-refractivity contribution < 1.29 is 42.7 Å². The number of ether oxygens (including phenoxy) is 7. The maximum Gasteiger partial charge on any atom is 0.409 e. The summed E-state index contributed by atoms with van der Waals surface area (Å²) in [5.74, 6) is 2.55. The fraction of sp³-hybridized carbons (Fsp3) is 0.400. The zero-order chi connectivity index (χ0) is 28.5. The van der Waals surface area contributed by atoms with Crippen molar-refractivity contribution >= 4 is 22.8 Å². The lowest BCUT2D eigenvalue weighted by Gasteiger charge is -2.33. The van der Waals surface area contributed by atoms with Crippen LogP contribution in [0.15, 0.2) is 30.3 Å². The highest BCUT2D eigenvalue weighted by Gasteiger charge is 2.33. The highest BCUT2D eigenvalue weighted by molar-refractivity contribution is 6.14. The van der Waals surface area contributed by atoms with E-state index in [2.05, 4.69) is 4.90 Å². The minimum absolute atomic E-state index is 0.112. The number of esters is 1. The van der Waals surface area contributed by atoms with Gasteiger partial charge in [-0.05, 0) is 41.6 Å². The molecule has 0 spiro atoms. The molecule has 3 aromatic rings. The molecule has 1 saturated heterocycles. The van der Waals surface area contributed by atoms with Gasteiger partial charge in [-0.25, -0.2) is 9.59 Å². The van der Waals surface area contributed by atoms with Crippen LogP contribution in [0.2, 0.25) is 0 Å². The average molecular weight is 565 g/mol. The van der Waals surface area contributed by atoms with Crippen LogP contribution >= 0.6 is 0 Å². The van der Waals surface area contributed by atoms with E-state index in [1.54, 1.807) is 19.1 Å². The molecule has 3 aliphatic rings. The first-order chi connectivity index (χ1) is 20.0. The van der Waals surface area contributed by atoms with Crippen LogP contribution in [-0.4, -0.2) is 89.3 Å². The van der Waals surface area contributed by atoms with Gasteiger partial charge in [0.15, 0.2) is 23.0 Å². The Balaban J connectivity index is 1.33. The van der Waals surface area contributed by atoms with Gasteiger partial charge in [0, 0.05) is 49.2 Å². The molecule has 0 bridgehead atoms. The monoisotopic (exact) mass is 564 g/mol. The molecule has 0 atom stereocenters. The van der Waals surface area contributed by atoms with Gasteiger partial charge < -0.3 is 38.1 Å². The van der Waals surface area contributed by atoms with Crippen molar-refractivity contribution in [1.29, 1.82) is 0 Å². The van der Waals surface area contributed by atoms with Crippen molar-refractivity contribution in [2.75, 3.05) is 67.5 Å². The lowest BCUT2D eigenvalue weighted by Crippen LogP contribution is -2.48. The Morgan fingerprint density at radius 2 is 1.61 bits per heavy atom. The molecule has 1 amide bonds. The molecule has 1 fully saturated rings. The van der Waals surface area contributed by atoms with Crippen molar-refractivity contribution in [3.8, 4) is 39.9 Å². The third-order valence-electron chi connectivity index (χ3n) is 7.75. The van der Waals surface area contributed by atoms with E-state index in [-0.39, 0.29) is 19.5 Å². The van der Waals surface area contributed by atoms with E-state index in [1.807, 2.05) is 30.3 Å². The Kier molecular flexibility index (Phi) is 7.36. The number of methoxy groups -OCH3 is 3. The second-order valence-corrected chi connectivity index (χ2v) is 9.96. The summed E-state index contributed by atoms with van der Waals surface area (Å²) in [4.78, 5) is 28.9. The fourth-order valence-corrected chi connectivity index (χ4v) is 5.67. The molecule has 11 nitrogen and oxygen atoms in total. The van der Waals surface area contributed by atoms with E-state index < -0.39 is 5.97 Å². The number of carbonyl (C=O) groups is 2. The van der Waals surface area contributed by atoms with E-state index in [1.165, 1.54) is 7.11 Å². The summed E-state index contributed by atoms with van der Waals surface area (Å²) < 4.78 is 39.2. The number of hydrogen-bond acceptors (Lipinski definition) is 10. The van der Waals surface area contributed by atoms with Crippen LogP contribution in [0.25, 0.3) is 21.9 Å². The number of benzene rings is 3. The van der Waals surface area contributed by atoms with Gasteiger partial charge in [-0.2, -0.15) is 0 Å². The molecule has 0 aromatic heterocycles. The summed E-state index contributed by atoms with van der Waals surface area (Å²) in [6.07, 6.45) is 0.474. The van der Waals surface area contributed by atoms with Crippen LogP contribution < -0.4 is 23.7 Å². The second kappa shape index (κ2) is 11.2. The van der Waals surface area contributed by atoms with E-state index >= 15 is 0 Å². The van der Waals surface area contributed by atoms with Gasteiger partial charge in [0.1, 0.15) is 12.4 Å². The smallest absolute Gasteiger partial charge is 0.409 e. The molecule has 11 heteroatoms. The van der Waals surface area contributed by atoms with Gasteiger partial charge in [0.05, 0.1) is 33.5 Å². The minimum Gasteiger partial charge on any atom is -0.493 e. The van der Waals surface area contributed by atoms with Crippen molar-refractivity contribution in [1.82, 2.24) is 9.80 Å². The van der Waals surface area contributed by atoms with Gasteiger partial charge in [-0.3, -0.25) is 4.90 Å². The number of hydrogen-bond donors (Lipinski definition) is 0. The maximum absolute atomic E-state index is 13.2. The SMILES string of the molecule is COC(=O)N1CCN(CCCOc2c3c(c(-c4ccc5c(c4)OCO5)c4cc(OC)c(OC)cc24)C(=O)OC3)CC1. The molecule has 0 saturated carbocycles. The van der Waals surface area contributed by atoms with Crippen LogP contribution in [0.5, 0.6) is 28.7 Å². The van der Waals surface area contributed by atoms with Gasteiger partial charge in [0.2, 0.25) is 6.79 Å². The van der Waals surface area contributed by atoms with E-state index in [0.717, 1.165) is 42.4 Å². The summed E-state index contributed by atoms with van der Waals surface area (Å²) >= 11 is 0. The summed E-state index contributed by atoms with van der Waals surface area (Å²) in [6, 6.07) is 9.38. The lowest BCUT2D eigenvalue weighted by molar-refractivity contribution is 0.0534. The highest BCUT2D eigenvalue weighted by Crippen LogP contribution is 2.49. The first-order valence-electron chi connectivity index (χ1n) is 13.5. The van der Waals surface area contributed by atoms with Gasteiger partial charge in [0.25, 0.3) is 0 Å². The summed E-state index contributed by atoms with van der Waals surface area (Å²) in [6.45, 7) is 4.33. The molecule has 216 valence electrons. The molecule has 0 aliphatic carbocycles. The number of piperazine rings is 1. The van der Waals surface area contributed by atoms with E-state index in [0.29, 0.717) is 65.1 Å². The molecule has 3 aliphatic heterocycles. The number of nitrogens with zero attached hydrogens (tertiary/aromatic N) is 2. The van der Waals surface area contributed by atoms with Crippen LogP contribution in [0.3, 0.4) is 0 Å². The fourth-order valence-electron chi connectivity index (χ4n) is 5.67. The molecule has 0 unspecified atom stereocenters. The van der Waals surface area contributed by atoms with Crippen molar-refractivity contribution in [3.63, 3.8) is 0 Å². The zero-order valence-electron chi connectivity index (χ0n) is 23.3. The maximum atomic E-state index is 13.2. The standard InChI is InChI=1S/C30H32N2O9/c1-35-23-14-19-20(15-24(23)36-2)28(38-12-4-7-31-8-10-32(11-9-31)30(34)37-3)21-16-39-29(33)27(21)26(19)18-5-6-22-25(13-18)41-17-40-22/h5-6,13-15H,4,7-12,16-17H2,1-3H3. The Labute approximate surface area is 237 Å². The Bertz CT molecular complexity index is 1500. The highest BCUT2D eigenvalue weighted by atomic mass is 16.7. The Hall–Kier alpha value is -4.38. The largest absolute Gasteiger partial charge is 0.493 e. The summed E-state index contributed by atoms with van der Waals surface area (Å²) in [5, 5.41) is 1.56. The molecule has 3 aromatic carbocycles. The molecular weight excluding hydrogens is 532 g/mol. The molecule has 3 heterocycles. The number of carbonyl (C=O) groups excluding carboxylic acids is 2. The molecule has 41 heavy (non-hydrogen) atoms. The summed E-state index contributed by atoms with van der Waals surface area (Å²) in [7, 11) is 4.56. The van der Waals surface area contributed by atoms with E-state index in [9.17, 15) is 9.59 Å². The zero-order valence-corrected chi connectivity index (χ0v) is 23.3. The first-order valence-corrected chi connectivity index (χ1v) is 13.5. The predicted molar refractivity (Wildman–Crippen MR) is 148 cm³/mol. The second-order valence-electron chi connectivity index (χ2n) is 9.96. The predicted octanol–water partition coefficient (Wildman–Crippen LogP) is 4.08. The topological polar surface area (TPSA) is 105 Å². The van der Waals surface area contributed by atoms with Crippen LogP contribution in [-0.2, 0) is 16.1 Å². The van der Waals surface area contributed by atoms with Gasteiger partial charge in [-0.15, -0.1) is 0 Å². The quantitative estimate of drug-likeness (QED) is 0.294. The number of cyclic esters (lactones) is 1. The van der Waals surface area contributed by atoms with Crippen LogP contribution in [0, 0.1) is 0 Å². The van der Waals surface area contributed by atoms with Crippen molar-refractivity contribution in [2.45, 2.75) is 13.0 Å². The average Bonchev–Trinajstić information content (AvgIpc) is 3.64. The molecular formula is C30H32N2O9. The van der Waals surface area contributed by atoms with Crippen molar-refractivity contribution in [3.05, 3.63) is 41.5 Å². The van der Waals surface area contributed by atoms with E-state index in [4.69, 9.17) is 33.2 Å².